The Hall–Kier alpha value is -3.36. The zero-order chi connectivity index (χ0) is 18.4. The van der Waals surface area contributed by atoms with Crippen molar-refractivity contribution in [3.8, 4) is 11.5 Å². The summed E-state index contributed by atoms with van der Waals surface area (Å²) in [6, 6.07) is 4.91. The molecule has 0 fully saturated rings. The van der Waals surface area contributed by atoms with E-state index in [1.165, 1.54) is 13.4 Å². The summed E-state index contributed by atoms with van der Waals surface area (Å²) in [6.45, 7) is 0.527. The number of rotatable bonds is 7. The molecule has 0 saturated carbocycles. The van der Waals surface area contributed by atoms with Crippen molar-refractivity contribution in [1.82, 2.24) is 24.9 Å². The number of carbonyl (C=O) groups is 1. The Morgan fingerprint density at radius 1 is 1.23 bits per heavy atom. The summed E-state index contributed by atoms with van der Waals surface area (Å²) in [4.78, 5) is 20.3. The van der Waals surface area contributed by atoms with Gasteiger partial charge in [0.25, 0.3) is 5.78 Å². The normalized spacial score (nSPS) is 10.5. The van der Waals surface area contributed by atoms with Gasteiger partial charge in [0.1, 0.15) is 17.8 Å². The molecule has 3 aromatic rings. The zero-order valence-electron chi connectivity index (χ0n) is 14.6. The quantitative estimate of drug-likeness (QED) is 0.627. The number of hydrogen-bond donors (Lipinski definition) is 2. The summed E-state index contributed by atoms with van der Waals surface area (Å²) in [5.74, 6) is 1.76. The molecule has 0 spiro atoms. The van der Waals surface area contributed by atoms with E-state index in [0.29, 0.717) is 29.5 Å². The van der Waals surface area contributed by atoms with Gasteiger partial charge in [0, 0.05) is 25.0 Å². The van der Waals surface area contributed by atoms with Crippen LogP contribution < -0.4 is 20.1 Å². The highest BCUT2D eigenvalue weighted by Gasteiger charge is 2.08. The molecule has 0 aliphatic heterocycles. The SMILES string of the molecule is COc1ccc(NC(=O)NCCCc2cnc3ncnn3c2)c(OC)c1. The molecule has 2 aromatic heterocycles. The number of nitrogens with zero attached hydrogens (tertiary/aromatic N) is 4. The lowest BCUT2D eigenvalue weighted by Crippen LogP contribution is -2.29. The van der Waals surface area contributed by atoms with Crippen molar-refractivity contribution in [2.75, 3.05) is 26.1 Å². The summed E-state index contributed by atoms with van der Waals surface area (Å²) in [5.41, 5.74) is 1.61. The minimum Gasteiger partial charge on any atom is -0.497 e. The maximum atomic E-state index is 12.0. The second-order valence-electron chi connectivity index (χ2n) is 5.52. The van der Waals surface area contributed by atoms with E-state index < -0.39 is 0 Å². The van der Waals surface area contributed by atoms with Crippen LogP contribution in [-0.4, -0.2) is 46.4 Å². The Kier molecular flexibility index (Phi) is 5.47. The number of methoxy groups -OCH3 is 2. The highest BCUT2D eigenvalue weighted by atomic mass is 16.5. The molecule has 2 N–H and O–H groups in total. The monoisotopic (exact) mass is 356 g/mol. The Morgan fingerprint density at radius 2 is 2.12 bits per heavy atom. The van der Waals surface area contributed by atoms with Crippen LogP contribution in [0.2, 0.25) is 0 Å². The first-order valence-corrected chi connectivity index (χ1v) is 8.10. The Labute approximate surface area is 150 Å². The van der Waals surface area contributed by atoms with Crippen LogP contribution in [0.3, 0.4) is 0 Å². The number of amides is 2. The lowest BCUT2D eigenvalue weighted by Gasteiger charge is -2.12. The molecule has 0 atom stereocenters. The molecule has 0 radical (unpaired) electrons. The molecule has 0 aliphatic carbocycles. The first-order valence-electron chi connectivity index (χ1n) is 8.10. The lowest BCUT2D eigenvalue weighted by molar-refractivity contribution is 0.252. The summed E-state index contributed by atoms with van der Waals surface area (Å²) in [7, 11) is 3.11. The van der Waals surface area contributed by atoms with Crippen molar-refractivity contribution in [3.63, 3.8) is 0 Å². The average Bonchev–Trinajstić information content (AvgIpc) is 3.13. The first-order chi connectivity index (χ1) is 12.7. The van der Waals surface area contributed by atoms with Crippen molar-refractivity contribution in [3.05, 3.63) is 42.5 Å². The third-order valence-corrected chi connectivity index (χ3v) is 3.77. The van der Waals surface area contributed by atoms with Crippen LogP contribution in [0, 0.1) is 0 Å². The average molecular weight is 356 g/mol. The van der Waals surface area contributed by atoms with Crippen LogP contribution in [0.5, 0.6) is 11.5 Å². The van der Waals surface area contributed by atoms with Gasteiger partial charge in [-0.2, -0.15) is 10.1 Å². The zero-order valence-corrected chi connectivity index (χ0v) is 14.6. The molecule has 0 saturated heterocycles. The van der Waals surface area contributed by atoms with Gasteiger partial charge in [0.2, 0.25) is 0 Å². The summed E-state index contributed by atoms with van der Waals surface area (Å²) >= 11 is 0. The number of aromatic nitrogens is 4. The molecular formula is C17H20N6O3. The van der Waals surface area contributed by atoms with Crippen LogP contribution in [-0.2, 0) is 6.42 Å². The van der Waals surface area contributed by atoms with Crippen LogP contribution in [0.4, 0.5) is 10.5 Å². The van der Waals surface area contributed by atoms with Crippen LogP contribution in [0.15, 0.2) is 36.9 Å². The van der Waals surface area contributed by atoms with E-state index in [1.807, 2.05) is 6.20 Å². The largest absolute Gasteiger partial charge is 0.497 e. The topological polar surface area (TPSA) is 103 Å². The number of ether oxygens (including phenoxy) is 2. The molecule has 0 bridgehead atoms. The summed E-state index contributed by atoms with van der Waals surface area (Å²) in [5, 5.41) is 9.64. The van der Waals surface area contributed by atoms with Crippen LogP contribution >= 0.6 is 0 Å². The van der Waals surface area contributed by atoms with Crippen molar-refractivity contribution in [2.45, 2.75) is 12.8 Å². The number of carbonyl (C=O) groups excluding carboxylic acids is 1. The Bertz CT molecular complexity index is 895. The molecule has 136 valence electrons. The number of nitrogens with one attached hydrogen (secondary N) is 2. The van der Waals surface area contributed by atoms with Gasteiger partial charge in [-0.25, -0.2) is 14.3 Å². The summed E-state index contributed by atoms with van der Waals surface area (Å²) in [6.07, 6.45) is 6.67. The van der Waals surface area contributed by atoms with Crippen molar-refractivity contribution < 1.29 is 14.3 Å². The number of hydrogen-bond acceptors (Lipinski definition) is 6. The smallest absolute Gasteiger partial charge is 0.319 e. The molecule has 9 nitrogen and oxygen atoms in total. The van der Waals surface area contributed by atoms with Gasteiger partial charge < -0.3 is 20.1 Å². The number of urea groups is 1. The van der Waals surface area contributed by atoms with Crippen LogP contribution in [0.25, 0.3) is 5.78 Å². The first kappa shape index (κ1) is 17.5. The van der Waals surface area contributed by atoms with Gasteiger partial charge >= 0.3 is 6.03 Å². The second kappa shape index (κ2) is 8.15. The second-order valence-corrected chi connectivity index (χ2v) is 5.52. The standard InChI is InChI=1S/C17H20N6O3/c1-25-13-5-6-14(15(8-13)26-2)22-17(24)18-7-3-4-12-9-19-16-20-11-21-23(16)10-12/h5-6,8-11H,3-4,7H2,1-2H3,(H2,18,22,24). The fourth-order valence-electron chi connectivity index (χ4n) is 2.45. The van der Waals surface area contributed by atoms with Gasteiger partial charge in [0.05, 0.1) is 19.9 Å². The van der Waals surface area contributed by atoms with E-state index in [0.717, 1.165) is 18.4 Å². The molecule has 0 unspecified atom stereocenters. The van der Waals surface area contributed by atoms with E-state index in [4.69, 9.17) is 9.47 Å². The third kappa shape index (κ3) is 4.18. The van der Waals surface area contributed by atoms with Gasteiger partial charge in [-0.05, 0) is 30.5 Å². The van der Waals surface area contributed by atoms with E-state index in [-0.39, 0.29) is 6.03 Å². The van der Waals surface area contributed by atoms with Gasteiger partial charge in [-0.3, -0.25) is 0 Å². The molecule has 2 heterocycles. The van der Waals surface area contributed by atoms with Gasteiger partial charge in [0.15, 0.2) is 0 Å². The fraction of sp³-hybridized carbons (Fsp3) is 0.294. The van der Waals surface area contributed by atoms with Crippen molar-refractivity contribution in [1.29, 1.82) is 0 Å². The molecule has 2 amide bonds. The van der Waals surface area contributed by atoms with E-state index in [2.05, 4.69) is 25.7 Å². The summed E-state index contributed by atoms with van der Waals surface area (Å²) < 4.78 is 12.0. The highest BCUT2D eigenvalue weighted by Crippen LogP contribution is 2.28. The number of anilines is 1. The van der Waals surface area contributed by atoms with E-state index >= 15 is 0 Å². The Morgan fingerprint density at radius 3 is 2.92 bits per heavy atom. The van der Waals surface area contributed by atoms with Crippen LogP contribution in [0.1, 0.15) is 12.0 Å². The number of benzene rings is 1. The minimum atomic E-state index is -0.293. The van der Waals surface area contributed by atoms with Crippen molar-refractivity contribution >= 4 is 17.5 Å². The molecule has 1 aromatic carbocycles. The maximum Gasteiger partial charge on any atom is 0.319 e. The predicted octanol–water partition coefficient (Wildman–Crippen LogP) is 1.90. The molecule has 0 aliphatic rings. The molecular weight excluding hydrogens is 336 g/mol. The lowest BCUT2D eigenvalue weighted by atomic mass is 10.2. The molecule has 3 rings (SSSR count). The van der Waals surface area contributed by atoms with Gasteiger partial charge in [-0.1, -0.05) is 0 Å². The van der Waals surface area contributed by atoms with E-state index in [9.17, 15) is 4.79 Å². The Balaban J connectivity index is 1.46. The fourth-order valence-corrected chi connectivity index (χ4v) is 2.45. The third-order valence-electron chi connectivity index (χ3n) is 3.77. The maximum absolute atomic E-state index is 12.0. The van der Waals surface area contributed by atoms with Gasteiger partial charge in [-0.15, -0.1) is 0 Å². The predicted molar refractivity (Wildman–Crippen MR) is 95.7 cm³/mol. The molecule has 26 heavy (non-hydrogen) atoms. The number of aryl methyl sites for hydroxylation is 1. The highest BCUT2D eigenvalue weighted by molar-refractivity contribution is 5.91. The number of fused-ring (bicyclic) bond motifs is 1. The minimum absolute atomic E-state index is 0.293. The van der Waals surface area contributed by atoms with Crippen molar-refractivity contribution in [2.24, 2.45) is 0 Å². The molecule has 9 heteroatoms. The van der Waals surface area contributed by atoms with E-state index in [1.54, 1.807) is 36.0 Å².